The van der Waals surface area contributed by atoms with Crippen LogP contribution >= 0.6 is 22.6 Å². The highest BCUT2D eigenvalue weighted by Crippen LogP contribution is 2.29. The van der Waals surface area contributed by atoms with Crippen LogP contribution in [0, 0.1) is 19.8 Å². The summed E-state index contributed by atoms with van der Waals surface area (Å²) >= 11 is 1.78. The molecular formula is C8H3FIN3O3. The molecule has 16 heavy (non-hydrogen) atoms. The van der Waals surface area contributed by atoms with E-state index in [9.17, 15) is 14.5 Å². The van der Waals surface area contributed by atoms with Gasteiger partial charge in [-0.15, -0.1) is 10.2 Å². The summed E-state index contributed by atoms with van der Waals surface area (Å²) in [4.78, 5) is 10.0. The fraction of sp³-hybridized carbons (Fsp3) is 0. The van der Waals surface area contributed by atoms with Crippen LogP contribution in [-0.2, 0) is 0 Å². The van der Waals surface area contributed by atoms with Crippen LogP contribution in [0.15, 0.2) is 22.6 Å². The van der Waals surface area contributed by atoms with Crippen molar-refractivity contribution in [1.29, 1.82) is 0 Å². The minimum atomic E-state index is -0.699. The monoisotopic (exact) mass is 335 g/mol. The zero-order valence-corrected chi connectivity index (χ0v) is 9.71. The lowest BCUT2D eigenvalue weighted by atomic mass is 10.2. The summed E-state index contributed by atoms with van der Waals surface area (Å²) in [5.41, 5.74) is -0.304. The first-order valence-corrected chi connectivity index (χ1v) is 5.09. The fourth-order valence-corrected chi connectivity index (χ4v) is 1.47. The Morgan fingerprint density at radius 2 is 2.19 bits per heavy atom. The first kappa shape index (κ1) is 10.9. The van der Waals surface area contributed by atoms with E-state index in [1.165, 1.54) is 6.07 Å². The van der Waals surface area contributed by atoms with Gasteiger partial charge in [0, 0.05) is 22.6 Å². The predicted octanol–water partition coefficient (Wildman–Crippen LogP) is 2.39. The minimum Gasteiger partial charge on any atom is -0.411 e. The van der Waals surface area contributed by atoms with Crippen molar-refractivity contribution in [2.75, 3.05) is 0 Å². The average Bonchev–Trinajstić information content (AvgIpc) is 2.64. The topological polar surface area (TPSA) is 82.1 Å². The molecule has 2 aromatic rings. The Labute approximate surface area is 102 Å². The molecule has 0 bridgehead atoms. The highest BCUT2D eigenvalue weighted by Gasteiger charge is 2.20. The van der Waals surface area contributed by atoms with Crippen molar-refractivity contribution >= 4 is 28.3 Å². The zero-order valence-electron chi connectivity index (χ0n) is 7.55. The van der Waals surface area contributed by atoms with Crippen LogP contribution in [0.5, 0.6) is 0 Å². The maximum Gasteiger partial charge on any atom is 0.285 e. The van der Waals surface area contributed by atoms with Gasteiger partial charge in [-0.2, -0.15) is 0 Å². The van der Waals surface area contributed by atoms with Crippen molar-refractivity contribution < 1.29 is 13.7 Å². The van der Waals surface area contributed by atoms with Gasteiger partial charge in [-0.25, -0.2) is 4.39 Å². The van der Waals surface area contributed by atoms with Gasteiger partial charge < -0.3 is 4.42 Å². The molecule has 0 amide bonds. The van der Waals surface area contributed by atoms with E-state index in [4.69, 9.17) is 4.42 Å². The number of nitro groups is 1. The van der Waals surface area contributed by atoms with Gasteiger partial charge in [0.1, 0.15) is 11.4 Å². The van der Waals surface area contributed by atoms with Crippen LogP contribution in [0.2, 0.25) is 0 Å². The smallest absolute Gasteiger partial charge is 0.285 e. The highest BCUT2D eigenvalue weighted by atomic mass is 127. The molecule has 0 unspecified atom stereocenters. The van der Waals surface area contributed by atoms with E-state index in [-0.39, 0.29) is 15.4 Å². The molecule has 0 saturated carbocycles. The van der Waals surface area contributed by atoms with Gasteiger partial charge >= 0.3 is 0 Å². The summed E-state index contributed by atoms with van der Waals surface area (Å²) in [5.74, 6) is -0.694. The Hall–Kier alpha value is -1.58. The molecule has 0 N–H and O–H groups in total. The van der Waals surface area contributed by atoms with E-state index < -0.39 is 16.4 Å². The molecule has 0 aliphatic heterocycles. The van der Waals surface area contributed by atoms with E-state index in [0.29, 0.717) is 0 Å². The molecule has 1 aromatic heterocycles. The quantitative estimate of drug-likeness (QED) is 0.478. The molecule has 82 valence electrons. The van der Waals surface area contributed by atoms with E-state index in [1.54, 1.807) is 22.6 Å². The molecule has 0 aliphatic rings. The summed E-state index contributed by atoms with van der Waals surface area (Å²) in [7, 11) is 0. The van der Waals surface area contributed by atoms with Crippen molar-refractivity contribution in [2.45, 2.75) is 0 Å². The average molecular weight is 335 g/mol. The maximum absolute atomic E-state index is 12.9. The van der Waals surface area contributed by atoms with Crippen LogP contribution in [0.25, 0.3) is 11.5 Å². The molecule has 0 saturated heterocycles. The summed E-state index contributed by atoms with van der Waals surface area (Å²) in [6.45, 7) is 0. The van der Waals surface area contributed by atoms with Crippen LogP contribution in [0.3, 0.4) is 0 Å². The fourth-order valence-electron chi connectivity index (χ4n) is 1.15. The molecule has 1 heterocycles. The molecule has 8 heteroatoms. The molecule has 0 atom stereocenters. The molecule has 0 spiro atoms. The number of nitrogens with zero attached hydrogens (tertiary/aromatic N) is 3. The molecule has 0 aliphatic carbocycles. The van der Waals surface area contributed by atoms with Gasteiger partial charge in [0.05, 0.1) is 11.0 Å². The van der Waals surface area contributed by atoms with Crippen molar-refractivity contribution in [2.24, 2.45) is 0 Å². The van der Waals surface area contributed by atoms with Crippen molar-refractivity contribution in [1.82, 2.24) is 10.2 Å². The molecule has 0 fully saturated rings. The van der Waals surface area contributed by atoms with Gasteiger partial charge in [0.15, 0.2) is 0 Å². The van der Waals surface area contributed by atoms with Crippen LogP contribution in [0.1, 0.15) is 0 Å². The number of nitro benzene ring substituents is 1. The van der Waals surface area contributed by atoms with Crippen molar-refractivity contribution in [3.05, 3.63) is 38.0 Å². The molecule has 6 nitrogen and oxygen atoms in total. The van der Waals surface area contributed by atoms with E-state index in [0.717, 1.165) is 12.1 Å². The Morgan fingerprint density at radius 3 is 2.75 bits per heavy atom. The summed E-state index contributed by atoms with van der Waals surface area (Å²) in [6, 6.07) is 3.14. The number of hydrogen-bond donors (Lipinski definition) is 0. The van der Waals surface area contributed by atoms with Crippen molar-refractivity contribution in [3.63, 3.8) is 0 Å². The van der Waals surface area contributed by atoms with Crippen LogP contribution < -0.4 is 0 Å². The van der Waals surface area contributed by atoms with Gasteiger partial charge in [-0.3, -0.25) is 10.1 Å². The van der Waals surface area contributed by atoms with E-state index in [2.05, 4.69) is 10.2 Å². The Balaban J connectivity index is 2.60. The number of hydrogen-bond acceptors (Lipinski definition) is 5. The predicted molar refractivity (Wildman–Crippen MR) is 59.1 cm³/mol. The lowest BCUT2D eigenvalue weighted by molar-refractivity contribution is -0.384. The third kappa shape index (κ3) is 2.01. The number of halogens is 2. The van der Waals surface area contributed by atoms with Gasteiger partial charge in [-0.05, 0) is 12.1 Å². The van der Waals surface area contributed by atoms with Gasteiger partial charge in [0.25, 0.3) is 15.5 Å². The minimum absolute atomic E-state index is 0.00361. The second-order valence-corrected chi connectivity index (χ2v) is 3.70. The summed E-state index contributed by atoms with van der Waals surface area (Å²) < 4.78 is 18.1. The van der Waals surface area contributed by atoms with E-state index in [1.807, 2.05) is 0 Å². The Kier molecular flexibility index (Phi) is 2.81. The number of aromatic nitrogens is 2. The first-order valence-electron chi connectivity index (χ1n) is 4.01. The van der Waals surface area contributed by atoms with Crippen LogP contribution in [0.4, 0.5) is 10.1 Å². The van der Waals surface area contributed by atoms with Gasteiger partial charge in [-0.1, -0.05) is 0 Å². The van der Waals surface area contributed by atoms with E-state index >= 15 is 0 Å². The Bertz CT molecular complexity index is 557. The SMILES string of the molecule is O=[N+]([O-])c1cc(F)ccc1-c1nnc(I)o1. The van der Waals surface area contributed by atoms with Gasteiger partial charge in [0.2, 0.25) is 0 Å². The summed E-state index contributed by atoms with van der Waals surface area (Å²) in [6.07, 6.45) is 0. The molecule has 2 rings (SSSR count). The molecular weight excluding hydrogens is 332 g/mol. The lowest BCUT2D eigenvalue weighted by Crippen LogP contribution is -1.93. The second kappa shape index (κ2) is 4.12. The number of rotatable bonds is 2. The number of benzene rings is 1. The summed E-state index contributed by atoms with van der Waals surface area (Å²) in [5, 5.41) is 17.9. The molecule has 1 aromatic carbocycles. The zero-order chi connectivity index (χ0) is 11.7. The molecule has 0 radical (unpaired) electrons. The second-order valence-electron chi connectivity index (χ2n) is 2.78. The Morgan fingerprint density at radius 1 is 1.44 bits per heavy atom. The normalized spacial score (nSPS) is 10.4. The maximum atomic E-state index is 12.9. The van der Waals surface area contributed by atoms with Crippen LogP contribution in [-0.4, -0.2) is 15.1 Å². The third-order valence-electron chi connectivity index (χ3n) is 1.79. The lowest BCUT2D eigenvalue weighted by Gasteiger charge is -1.97. The third-order valence-corrected chi connectivity index (χ3v) is 2.22. The standard InChI is InChI=1S/C8H3FIN3O3/c9-4-1-2-5(6(3-4)13(14)15)7-11-12-8(10)16-7/h1-3H. The first-order chi connectivity index (χ1) is 7.58. The van der Waals surface area contributed by atoms with Crippen molar-refractivity contribution in [3.8, 4) is 11.5 Å². The highest BCUT2D eigenvalue weighted by molar-refractivity contribution is 14.1. The largest absolute Gasteiger partial charge is 0.411 e.